The molecule has 0 aromatic heterocycles. The first-order valence-electron chi connectivity index (χ1n) is 5.74. The molecule has 2 aromatic carbocycles. The van der Waals surface area contributed by atoms with Crippen molar-refractivity contribution in [2.45, 2.75) is 6.92 Å². The number of halogens is 2. The van der Waals surface area contributed by atoms with Crippen LogP contribution in [0.4, 0.5) is 0 Å². The van der Waals surface area contributed by atoms with Crippen molar-refractivity contribution in [1.29, 1.82) is 0 Å². The zero-order valence-corrected chi connectivity index (χ0v) is 13.5. The fourth-order valence-corrected chi connectivity index (χ4v) is 2.20. The molecule has 0 radical (unpaired) electrons. The van der Waals surface area contributed by atoms with E-state index in [1.54, 1.807) is 12.1 Å². The molecule has 2 rings (SSSR count). The molecule has 0 atom stereocenters. The van der Waals surface area contributed by atoms with Crippen LogP contribution in [-0.4, -0.2) is 12.4 Å². The van der Waals surface area contributed by atoms with Crippen LogP contribution >= 0.6 is 31.9 Å². The fraction of sp³-hybridized carbons (Fsp3) is 0.133. The average molecular weight is 384 g/mol. The molecule has 0 bridgehead atoms. The van der Waals surface area contributed by atoms with Crippen molar-refractivity contribution in [3.63, 3.8) is 0 Å². The van der Waals surface area contributed by atoms with Crippen molar-refractivity contribution in [2.75, 3.05) is 6.61 Å². The molecule has 0 N–H and O–H groups in total. The van der Waals surface area contributed by atoms with Gasteiger partial charge in [-0.1, -0.05) is 50.1 Å². The molecule has 0 heterocycles. The number of benzene rings is 2. The third-order valence-corrected chi connectivity index (χ3v) is 3.70. The van der Waals surface area contributed by atoms with Gasteiger partial charge in [-0.15, -0.1) is 0 Å². The van der Waals surface area contributed by atoms with Gasteiger partial charge < -0.3 is 4.74 Å². The van der Waals surface area contributed by atoms with Crippen molar-refractivity contribution in [3.05, 3.63) is 62.5 Å². The van der Waals surface area contributed by atoms with Gasteiger partial charge in [-0.05, 0) is 36.8 Å². The predicted octanol–water partition coefficient (Wildman–Crippen LogP) is 4.78. The highest BCUT2D eigenvalue weighted by molar-refractivity contribution is 9.10. The highest BCUT2D eigenvalue weighted by Crippen LogP contribution is 2.23. The summed E-state index contributed by atoms with van der Waals surface area (Å²) in [5.41, 5.74) is 1.66. The quantitative estimate of drug-likeness (QED) is 0.710. The molecule has 0 spiro atoms. The molecule has 0 saturated heterocycles. The van der Waals surface area contributed by atoms with Crippen molar-refractivity contribution in [3.8, 4) is 5.75 Å². The van der Waals surface area contributed by atoms with E-state index >= 15 is 0 Å². The molecule has 0 saturated carbocycles. The number of ketones is 1. The molecule has 0 fully saturated rings. The minimum Gasteiger partial charge on any atom is -0.485 e. The second-order valence-electron chi connectivity index (χ2n) is 4.13. The molecule has 0 aliphatic rings. The summed E-state index contributed by atoms with van der Waals surface area (Å²) in [5, 5.41) is 0. The average Bonchev–Trinajstić information content (AvgIpc) is 2.40. The topological polar surface area (TPSA) is 26.3 Å². The third-order valence-electron chi connectivity index (χ3n) is 2.68. The number of aryl methyl sites for hydroxylation is 1. The Morgan fingerprint density at radius 3 is 2.37 bits per heavy atom. The number of rotatable bonds is 4. The van der Waals surface area contributed by atoms with E-state index in [1.807, 2.05) is 37.3 Å². The van der Waals surface area contributed by atoms with Gasteiger partial charge in [0.2, 0.25) is 0 Å². The summed E-state index contributed by atoms with van der Waals surface area (Å²) < 4.78 is 7.46. The van der Waals surface area contributed by atoms with E-state index in [1.165, 1.54) is 0 Å². The van der Waals surface area contributed by atoms with Crippen LogP contribution in [0.15, 0.2) is 51.4 Å². The lowest BCUT2D eigenvalue weighted by Crippen LogP contribution is -2.12. The molecule has 0 unspecified atom stereocenters. The summed E-state index contributed by atoms with van der Waals surface area (Å²) >= 11 is 6.73. The second-order valence-corrected chi connectivity index (χ2v) is 5.96. The highest BCUT2D eigenvalue weighted by Gasteiger charge is 2.08. The normalized spacial score (nSPS) is 10.3. The first-order chi connectivity index (χ1) is 9.06. The minimum atomic E-state index is -0.0353. The molecular weight excluding hydrogens is 372 g/mol. The molecular formula is C15H12Br2O2. The Kier molecular flexibility index (Phi) is 4.77. The maximum absolute atomic E-state index is 12.0. The van der Waals surface area contributed by atoms with Crippen LogP contribution in [0.25, 0.3) is 0 Å². The number of Topliss-reactive ketones (excluding diaryl/α,β-unsaturated/α-hetero) is 1. The van der Waals surface area contributed by atoms with Crippen LogP contribution in [0.1, 0.15) is 15.9 Å². The van der Waals surface area contributed by atoms with Gasteiger partial charge in [0.25, 0.3) is 0 Å². The molecule has 98 valence electrons. The number of ether oxygens (including phenoxy) is 1. The maximum atomic E-state index is 12.0. The van der Waals surface area contributed by atoms with Crippen LogP contribution in [0.2, 0.25) is 0 Å². The number of hydrogen-bond donors (Lipinski definition) is 0. The molecule has 19 heavy (non-hydrogen) atoms. The summed E-state index contributed by atoms with van der Waals surface area (Å²) in [7, 11) is 0. The van der Waals surface area contributed by atoms with E-state index in [2.05, 4.69) is 31.9 Å². The van der Waals surface area contributed by atoms with E-state index in [0.717, 1.165) is 20.3 Å². The summed E-state index contributed by atoms with van der Waals surface area (Å²) in [4.78, 5) is 12.0. The molecule has 0 aliphatic carbocycles. The van der Waals surface area contributed by atoms with Gasteiger partial charge in [0.15, 0.2) is 12.4 Å². The van der Waals surface area contributed by atoms with Gasteiger partial charge >= 0.3 is 0 Å². The lowest BCUT2D eigenvalue weighted by atomic mass is 10.1. The summed E-state index contributed by atoms with van der Waals surface area (Å²) in [6.07, 6.45) is 0. The van der Waals surface area contributed by atoms with E-state index in [9.17, 15) is 4.79 Å². The lowest BCUT2D eigenvalue weighted by molar-refractivity contribution is 0.0921. The smallest absolute Gasteiger partial charge is 0.200 e. The zero-order chi connectivity index (χ0) is 13.8. The number of carbonyl (C=O) groups excluding carboxylic acids is 1. The largest absolute Gasteiger partial charge is 0.485 e. The Morgan fingerprint density at radius 1 is 1.05 bits per heavy atom. The van der Waals surface area contributed by atoms with Gasteiger partial charge in [0.05, 0.1) is 0 Å². The van der Waals surface area contributed by atoms with Gasteiger partial charge in [0, 0.05) is 14.5 Å². The van der Waals surface area contributed by atoms with Gasteiger partial charge in [-0.3, -0.25) is 4.79 Å². The van der Waals surface area contributed by atoms with Gasteiger partial charge in [-0.2, -0.15) is 0 Å². The Labute approximate surface area is 129 Å². The van der Waals surface area contributed by atoms with Crippen LogP contribution < -0.4 is 4.74 Å². The van der Waals surface area contributed by atoms with Crippen molar-refractivity contribution in [2.24, 2.45) is 0 Å². The van der Waals surface area contributed by atoms with Crippen molar-refractivity contribution >= 4 is 37.6 Å². The highest BCUT2D eigenvalue weighted by atomic mass is 79.9. The maximum Gasteiger partial charge on any atom is 0.200 e. The van der Waals surface area contributed by atoms with Crippen LogP contribution in [-0.2, 0) is 0 Å². The standard InChI is InChI=1S/C15H12Br2O2/c1-10-2-5-13(17)8-15(10)19-9-14(18)11-3-6-12(16)7-4-11/h2-8H,9H2,1H3. The van der Waals surface area contributed by atoms with Gasteiger partial charge in [-0.25, -0.2) is 0 Å². The molecule has 4 heteroatoms. The second kappa shape index (κ2) is 6.35. The molecule has 0 amide bonds. The molecule has 2 nitrogen and oxygen atoms in total. The first-order valence-corrected chi connectivity index (χ1v) is 7.32. The van der Waals surface area contributed by atoms with Crippen LogP contribution in [0, 0.1) is 6.92 Å². The van der Waals surface area contributed by atoms with E-state index in [4.69, 9.17) is 4.74 Å². The van der Waals surface area contributed by atoms with E-state index in [0.29, 0.717) is 5.56 Å². The van der Waals surface area contributed by atoms with Crippen molar-refractivity contribution in [1.82, 2.24) is 0 Å². The van der Waals surface area contributed by atoms with Crippen LogP contribution in [0.3, 0.4) is 0 Å². The summed E-state index contributed by atoms with van der Waals surface area (Å²) in [6.45, 7) is 1.99. The first kappa shape index (κ1) is 14.3. The van der Waals surface area contributed by atoms with Crippen molar-refractivity contribution < 1.29 is 9.53 Å². The number of carbonyl (C=O) groups is 1. The Balaban J connectivity index is 2.04. The number of hydrogen-bond acceptors (Lipinski definition) is 2. The van der Waals surface area contributed by atoms with E-state index in [-0.39, 0.29) is 12.4 Å². The van der Waals surface area contributed by atoms with E-state index < -0.39 is 0 Å². The van der Waals surface area contributed by atoms with Crippen LogP contribution in [0.5, 0.6) is 5.75 Å². The predicted molar refractivity (Wildman–Crippen MR) is 82.8 cm³/mol. The third kappa shape index (κ3) is 3.91. The Morgan fingerprint density at radius 2 is 1.68 bits per heavy atom. The minimum absolute atomic E-state index is 0.0353. The fourth-order valence-electron chi connectivity index (χ4n) is 1.59. The monoisotopic (exact) mass is 382 g/mol. The Bertz CT molecular complexity index is 592. The summed E-state index contributed by atoms with van der Waals surface area (Å²) in [5.74, 6) is 0.687. The zero-order valence-electron chi connectivity index (χ0n) is 10.3. The van der Waals surface area contributed by atoms with Gasteiger partial charge in [0.1, 0.15) is 5.75 Å². The molecule has 0 aliphatic heterocycles. The summed E-state index contributed by atoms with van der Waals surface area (Å²) in [6, 6.07) is 13.0. The lowest BCUT2D eigenvalue weighted by Gasteiger charge is -2.09. The molecule has 2 aromatic rings. The SMILES string of the molecule is Cc1ccc(Br)cc1OCC(=O)c1ccc(Br)cc1. The Hall–Kier alpha value is -1.13.